The van der Waals surface area contributed by atoms with Gasteiger partial charge >= 0.3 is 0 Å². The first-order valence-corrected chi connectivity index (χ1v) is 15.9. The van der Waals surface area contributed by atoms with Gasteiger partial charge in [-0.15, -0.1) is 0 Å². The second-order valence-corrected chi connectivity index (χ2v) is 12.5. The molecule has 2 amide bonds. The summed E-state index contributed by atoms with van der Waals surface area (Å²) in [5, 5.41) is 5.90. The normalized spacial score (nSPS) is 12.2. The Labute approximate surface area is 256 Å². The first-order valence-electron chi connectivity index (χ1n) is 13.7. The fraction of sp³-hybridized carbons (Fsp3) is 0.235. The van der Waals surface area contributed by atoms with Gasteiger partial charge in [-0.25, -0.2) is 0 Å². The molecule has 6 nitrogen and oxygen atoms in total. The van der Waals surface area contributed by atoms with E-state index in [4.69, 9.17) is 9.47 Å². The highest BCUT2D eigenvalue weighted by Crippen LogP contribution is 2.39. The van der Waals surface area contributed by atoms with Gasteiger partial charge in [0, 0.05) is 21.2 Å². The van der Waals surface area contributed by atoms with Gasteiger partial charge in [-0.2, -0.15) is 0 Å². The molecule has 0 aliphatic carbocycles. The van der Waals surface area contributed by atoms with E-state index in [1.165, 1.54) is 0 Å². The number of anilines is 2. The van der Waals surface area contributed by atoms with Gasteiger partial charge in [0.05, 0.1) is 0 Å². The standard InChI is InChI=1S/C34H36N2O4S2/c1-21-13-15-31(23(3)17-21)39-25(5)33(37)35-27-9-7-11-29(19-27)41-42-30-12-8-10-28(20-30)36-34(38)26(6)40-32-16-14-22(2)18-24(32)4/h7-20,25-26H,1-6H3,(H,35,37)(H,36,38). The van der Waals surface area contributed by atoms with Crippen molar-refractivity contribution in [3.8, 4) is 11.5 Å². The average Bonchev–Trinajstić information content (AvgIpc) is 2.95. The van der Waals surface area contributed by atoms with Crippen LogP contribution in [0.3, 0.4) is 0 Å². The lowest BCUT2D eigenvalue weighted by Crippen LogP contribution is -2.30. The van der Waals surface area contributed by atoms with Crippen molar-refractivity contribution in [2.75, 3.05) is 10.6 Å². The number of hydrogen-bond donors (Lipinski definition) is 2. The number of rotatable bonds is 11. The Hall–Kier alpha value is -3.88. The molecule has 0 fully saturated rings. The number of hydrogen-bond acceptors (Lipinski definition) is 6. The van der Waals surface area contributed by atoms with Gasteiger partial charge in [0.1, 0.15) is 11.5 Å². The van der Waals surface area contributed by atoms with Crippen molar-refractivity contribution in [1.82, 2.24) is 0 Å². The van der Waals surface area contributed by atoms with E-state index < -0.39 is 12.2 Å². The minimum Gasteiger partial charge on any atom is -0.481 e. The maximum absolute atomic E-state index is 12.8. The molecular formula is C34H36N2O4S2. The molecule has 2 unspecified atom stereocenters. The summed E-state index contributed by atoms with van der Waals surface area (Å²) in [5.74, 6) is 0.962. The smallest absolute Gasteiger partial charge is 0.265 e. The largest absolute Gasteiger partial charge is 0.481 e. The second kappa shape index (κ2) is 14.3. The zero-order valence-corrected chi connectivity index (χ0v) is 26.3. The van der Waals surface area contributed by atoms with Crippen molar-refractivity contribution in [2.45, 2.75) is 63.5 Å². The van der Waals surface area contributed by atoms with Crippen molar-refractivity contribution < 1.29 is 19.1 Å². The van der Waals surface area contributed by atoms with E-state index in [1.807, 2.05) is 113 Å². The number of nitrogens with one attached hydrogen (secondary N) is 2. The highest BCUT2D eigenvalue weighted by Gasteiger charge is 2.17. The van der Waals surface area contributed by atoms with E-state index in [0.717, 1.165) is 32.0 Å². The van der Waals surface area contributed by atoms with Crippen LogP contribution in [0.4, 0.5) is 11.4 Å². The van der Waals surface area contributed by atoms with Crippen LogP contribution in [0.25, 0.3) is 0 Å². The molecule has 2 atom stereocenters. The lowest BCUT2D eigenvalue weighted by Gasteiger charge is -2.17. The summed E-state index contributed by atoms with van der Waals surface area (Å²) in [6, 6.07) is 27.1. The predicted octanol–water partition coefficient (Wildman–Crippen LogP) is 8.53. The van der Waals surface area contributed by atoms with Gasteiger partial charge in [0.15, 0.2) is 12.2 Å². The van der Waals surface area contributed by atoms with Crippen molar-refractivity contribution in [2.24, 2.45) is 0 Å². The molecule has 8 heteroatoms. The van der Waals surface area contributed by atoms with E-state index >= 15 is 0 Å². The fourth-order valence-corrected chi connectivity index (χ4v) is 6.20. The molecule has 0 aromatic heterocycles. The van der Waals surface area contributed by atoms with Crippen molar-refractivity contribution in [1.29, 1.82) is 0 Å². The lowest BCUT2D eigenvalue weighted by molar-refractivity contribution is -0.122. The monoisotopic (exact) mass is 600 g/mol. The molecule has 42 heavy (non-hydrogen) atoms. The van der Waals surface area contributed by atoms with E-state index in [2.05, 4.69) is 10.6 Å². The first-order chi connectivity index (χ1) is 20.1. The third-order valence-corrected chi connectivity index (χ3v) is 8.82. The number of amides is 2. The first kappa shape index (κ1) is 31.1. The van der Waals surface area contributed by atoms with E-state index in [-0.39, 0.29) is 11.8 Å². The molecule has 0 heterocycles. The molecule has 0 bridgehead atoms. The molecular weight excluding hydrogens is 565 g/mol. The van der Waals surface area contributed by atoms with Crippen molar-refractivity contribution in [3.63, 3.8) is 0 Å². The molecule has 218 valence electrons. The minimum absolute atomic E-state index is 0.219. The maximum Gasteiger partial charge on any atom is 0.265 e. The molecule has 0 aliphatic heterocycles. The third kappa shape index (κ3) is 8.81. The molecule has 0 radical (unpaired) electrons. The van der Waals surface area contributed by atoms with Gasteiger partial charge in [-0.3, -0.25) is 9.59 Å². The molecule has 0 saturated heterocycles. The van der Waals surface area contributed by atoms with Crippen LogP contribution >= 0.6 is 21.6 Å². The summed E-state index contributed by atoms with van der Waals surface area (Å²) in [4.78, 5) is 27.6. The Bertz CT molecular complexity index is 1460. The highest BCUT2D eigenvalue weighted by molar-refractivity contribution is 8.76. The molecule has 2 N–H and O–H groups in total. The van der Waals surface area contributed by atoms with Gasteiger partial charge < -0.3 is 20.1 Å². The molecule has 0 aliphatic rings. The van der Waals surface area contributed by atoms with Crippen LogP contribution in [0.2, 0.25) is 0 Å². The third-order valence-electron chi connectivity index (χ3n) is 6.44. The quantitative estimate of drug-likeness (QED) is 0.168. The van der Waals surface area contributed by atoms with Gasteiger partial charge in [-0.1, -0.05) is 69.1 Å². The Morgan fingerprint density at radius 3 is 1.38 bits per heavy atom. The summed E-state index contributed by atoms with van der Waals surface area (Å²) in [5.41, 5.74) is 5.67. The molecule has 4 aromatic rings. The topological polar surface area (TPSA) is 76.7 Å². The van der Waals surface area contributed by atoms with Crippen LogP contribution < -0.4 is 20.1 Å². The summed E-state index contributed by atoms with van der Waals surface area (Å²) in [7, 11) is 3.13. The highest BCUT2D eigenvalue weighted by atomic mass is 33.1. The summed E-state index contributed by atoms with van der Waals surface area (Å²) in [6.07, 6.45) is -1.30. The number of aryl methyl sites for hydroxylation is 4. The average molecular weight is 601 g/mol. The van der Waals surface area contributed by atoms with E-state index in [0.29, 0.717) is 22.9 Å². The Balaban J connectivity index is 1.30. The minimum atomic E-state index is -0.649. The van der Waals surface area contributed by atoms with E-state index in [1.54, 1.807) is 35.4 Å². The molecule has 4 aromatic carbocycles. The summed E-state index contributed by atoms with van der Waals surface area (Å²) < 4.78 is 11.8. The number of benzene rings is 4. The Morgan fingerprint density at radius 1 is 0.595 bits per heavy atom. The number of carbonyl (C=O) groups is 2. The maximum atomic E-state index is 12.8. The van der Waals surface area contributed by atoms with Crippen LogP contribution in [0.1, 0.15) is 36.1 Å². The van der Waals surface area contributed by atoms with Gasteiger partial charge in [0.2, 0.25) is 0 Å². The van der Waals surface area contributed by atoms with Crippen LogP contribution in [-0.4, -0.2) is 24.0 Å². The van der Waals surface area contributed by atoms with Gasteiger partial charge in [0.25, 0.3) is 11.8 Å². The summed E-state index contributed by atoms with van der Waals surface area (Å²) in [6.45, 7) is 11.5. The molecule has 4 rings (SSSR count). The Kier molecular flexibility index (Phi) is 10.6. The molecule has 0 saturated carbocycles. The van der Waals surface area contributed by atoms with Crippen LogP contribution in [0.15, 0.2) is 94.7 Å². The number of carbonyl (C=O) groups excluding carboxylic acids is 2. The van der Waals surface area contributed by atoms with Crippen LogP contribution in [0, 0.1) is 27.7 Å². The predicted molar refractivity (Wildman–Crippen MR) is 174 cm³/mol. The summed E-state index contributed by atoms with van der Waals surface area (Å²) >= 11 is 0. The lowest BCUT2D eigenvalue weighted by atomic mass is 10.1. The van der Waals surface area contributed by atoms with Crippen LogP contribution in [0.5, 0.6) is 11.5 Å². The zero-order valence-electron chi connectivity index (χ0n) is 24.7. The number of ether oxygens (including phenoxy) is 2. The molecule has 0 spiro atoms. The zero-order chi connectivity index (χ0) is 30.2. The fourth-order valence-electron chi connectivity index (χ4n) is 4.19. The second-order valence-electron chi connectivity index (χ2n) is 10.3. The SMILES string of the molecule is Cc1ccc(OC(C)C(=O)Nc2cccc(SSc3cccc(NC(=O)C(C)Oc4ccc(C)cc4C)c3)c2)c(C)c1. The van der Waals surface area contributed by atoms with Crippen molar-refractivity contribution in [3.05, 3.63) is 107 Å². The van der Waals surface area contributed by atoms with E-state index in [9.17, 15) is 9.59 Å². The van der Waals surface area contributed by atoms with Crippen molar-refractivity contribution >= 4 is 44.8 Å². The van der Waals surface area contributed by atoms with Gasteiger partial charge in [-0.05, 0) is 101 Å². The Morgan fingerprint density at radius 2 is 1.00 bits per heavy atom. The van der Waals surface area contributed by atoms with Crippen LogP contribution in [-0.2, 0) is 9.59 Å².